The third-order valence-electron chi connectivity index (χ3n) is 5.12. The molecule has 2 heterocycles. The average Bonchev–Trinajstić information content (AvgIpc) is 2.61. The lowest BCUT2D eigenvalue weighted by Crippen LogP contribution is -2.51. The first-order chi connectivity index (χ1) is 12.8. The zero-order valence-corrected chi connectivity index (χ0v) is 16.7. The van der Waals surface area contributed by atoms with E-state index in [1.807, 2.05) is 0 Å². The van der Waals surface area contributed by atoms with E-state index < -0.39 is 0 Å². The molecule has 27 heavy (non-hydrogen) atoms. The number of carbonyl (C=O) groups is 1. The average molecular weight is 364 g/mol. The Balaban J connectivity index is 1.80. The van der Waals surface area contributed by atoms with Gasteiger partial charge in [0.2, 0.25) is 0 Å². The van der Waals surface area contributed by atoms with E-state index in [1.165, 1.54) is 17.4 Å². The molecule has 5 nitrogen and oxygen atoms in total. The molecule has 1 aliphatic rings. The lowest BCUT2D eigenvalue weighted by molar-refractivity contribution is 0.0955. The highest BCUT2D eigenvalue weighted by Crippen LogP contribution is 2.44. The van der Waals surface area contributed by atoms with Crippen molar-refractivity contribution in [3.8, 4) is 0 Å². The van der Waals surface area contributed by atoms with Gasteiger partial charge >= 0.3 is 0 Å². The molecule has 1 atom stereocenters. The fraction of sp³-hybridized carbons (Fsp3) is 0.409. The highest BCUT2D eigenvalue weighted by Gasteiger charge is 2.37. The molecule has 1 N–H and O–H groups in total. The fourth-order valence-electron chi connectivity index (χ4n) is 4.26. The number of nitrogens with one attached hydrogen (secondary N) is 1. The molecule has 3 rings (SSSR count). The quantitative estimate of drug-likeness (QED) is 0.648. The minimum atomic E-state index is -0.265. The van der Waals surface area contributed by atoms with E-state index in [2.05, 4.69) is 73.2 Å². The molecule has 0 radical (unpaired) electrons. The van der Waals surface area contributed by atoms with E-state index in [0.717, 1.165) is 12.0 Å². The van der Waals surface area contributed by atoms with E-state index in [4.69, 9.17) is 0 Å². The Morgan fingerprint density at radius 2 is 2.15 bits per heavy atom. The summed E-state index contributed by atoms with van der Waals surface area (Å²) in [5, 5.41) is 4.11. The van der Waals surface area contributed by atoms with Gasteiger partial charge in [0.25, 0.3) is 5.91 Å². The Morgan fingerprint density at radius 1 is 1.37 bits per heavy atom. The maximum atomic E-state index is 12.0. The Morgan fingerprint density at radius 3 is 2.81 bits per heavy atom. The number of fused-ring (bicyclic) bond motifs is 1. The van der Waals surface area contributed by atoms with Gasteiger partial charge in [-0.1, -0.05) is 13.0 Å². The van der Waals surface area contributed by atoms with E-state index in [9.17, 15) is 4.79 Å². The highest BCUT2D eigenvalue weighted by molar-refractivity contribution is 5.94. The molecule has 1 aromatic heterocycles. The molecule has 0 fully saturated rings. The lowest BCUT2D eigenvalue weighted by atomic mass is 9.79. The molecular formula is C22H28N4O. The summed E-state index contributed by atoms with van der Waals surface area (Å²) in [5.41, 5.74) is 6.80. The van der Waals surface area contributed by atoms with Crippen LogP contribution in [0.4, 0.5) is 5.69 Å². The number of rotatable bonds is 4. The van der Waals surface area contributed by atoms with Crippen LogP contribution in [0, 0.1) is 0 Å². The van der Waals surface area contributed by atoms with Crippen molar-refractivity contribution in [3.05, 3.63) is 59.4 Å². The van der Waals surface area contributed by atoms with Crippen LogP contribution in [0.15, 0.2) is 47.8 Å². The molecule has 0 spiro atoms. The van der Waals surface area contributed by atoms with Crippen molar-refractivity contribution in [2.45, 2.75) is 58.5 Å². The molecule has 0 saturated carbocycles. The van der Waals surface area contributed by atoms with Crippen LogP contribution in [0.3, 0.4) is 0 Å². The van der Waals surface area contributed by atoms with Crippen molar-refractivity contribution in [2.75, 3.05) is 4.90 Å². The molecule has 1 aromatic carbocycles. The molecule has 0 aliphatic carbocycles. The maximum Gasteiger partial charge on any atom is 0.272 e. The Labute approximate surface area is 161 Å². The van der Waals surface area contributed by atoms with Gasteiger partial charge in [-0.15, -0.1) is 0 Å². The van der Waals surface area contributed by atoms with Crippen molar-refractivity contribution in [1.29, 1.82) is 0 Å². The van der Waals surface area contributed by atoms with Crippen LogP contribution < -0.4 is 10.3 Å². The number of hydrazone groups is 1. The number of hydrogen-bond donors (Lipinski definition) is 1. The summed E-state index contributed by atoms with van der Waals surface area (Å²) in [7, 11) is 0. The number of amides is 1. The van der Waals surface area contributed by atoms with Gasteiger partial charge in [-0.05, 0) is 75.4 Å². The SMILES string of the molecule is CC1CC(C)(C)N(C(C)C)c2ccc(/C=N/NC(=O)c3cccnc3)cc21. The number of pyridine rings is 1. The number of hydrogen-bond acceptors (Lipinski definition) is 4. The number of anilines is 1. The van der Waals surface area contributed by atoms with E-state index in [0.29, 0.717) is 17.5 Å². The third-order valence-corrected chi connectivity index (χ3v) is 5.12. The number of aromatic nitrogens is 1. The molecular weight excluding hydrogens is 336 g/mol. The van der Waals surface area contributed by atoms with E-state index in [1.54, 1.807) is 24.5 Å². The van der Waals surface area contributed by atoms with Crippen LogP contribution in [0.2, 0.25) is 0 Å². The van der Waals surface area contributed by atoms with Gasteiger partial charge < -0.3 is 4.90 Å². The van der Waals surface area contributed by atoms with Gasteiger partial charge in [0.1, 0.15) is 0 Å². The number of carbonyl (C=O) groups excluding carboxylic acids is 1. The minimum absolute atomic E-state index is 0.133. The van der Waals surface area contributed by atoms with Gasteiger partial charge in [0.15, 0.2) is 0 Å². The fourth-order valence-corrected chi connectivity index (χ4v) is 4.26. The second-order valence-corrected chi connectivity index (χ2v) is 8.14. The monoisotopic (exact) mass is 364 g/mol. The highest BCUT2D eigenvalue weighted by atomic mass is 16.2. The first-order valence-corrected chi connectivity index (χ1v) is 9.46. The van der Waals surface area contributed by atoms with Crippen molar-refractivity contribution in [1.82, 2.24) is 10.4 Å². The topological polar surface area (TPSA) is 57.6 Å². The van der Waals surface area contributed by atoms with Crippen LogP contribution in [0.5, 0.6) is 0 Å². The molecule has 5 heteroatoms. The van der Waals surface area contributed by atoms with Crippen LogP contribution >= 0.6 is 0 Å². The Kier molecular flexibility index (Phi) is 5.31. The third kappa shape index (κ3) is 4.02. The van der Waals surface area contributed by atoms with Crippen LogP contribution in [-0.2, 0) is 0 Å². The van der Waals surface area contributed by atoms with E-state index in [-0.39, 0.29) is 11.4 Å². The largest absolute Gasteiger partial charge is 0.364 e. The van der Waals surface area contributed by atoms with E-state index >= 15 is 0 Å². The second kappa shape index (κ2) is 7.51. The summed E-state index contributed by atoms with van der Waals surface area (Å²) in [6.45, 7) is 11.4. The van der Waals surface area contributed by atoms with Crippen LogP contribution in [0.25, 0.3) is 0 Å². The van der Waals surface area contributed by atoms with Crippen molar-refractivity contribution in [2.24, 2.45) is 5.10 Å². The Bertz CT molecular complexity index is 843. The summed E-state index contributed by atoms with van der Waals surface area (Å²) >= 11 is 0. The summed E-state index contributed by atoms with van der Waals surface area (Å²) < 4.78 is 0. The smallest absolute Gasteiger partial charge is 0.272 e. The second-order valence-electron chi connectivity index (χ2n) is 8.14. The standard InChI is InChI=1S/C22H28N4O/c1-15(2)26-20-9-8-17(11-19(20)16(3)12-22(26,4)5)13-24-25-21(27)18-7-6-10-23-14-18/h6-11,13-16H,12H2,1-5H3,(H,25,27)/b24-13+. The number of benzene rings is 1. The summed E-state index contributed by atoms with van der Waals surface area (Å²) in [6, 6.07) is 10.3. The van der Waals surface area contributed by atoms with Gasteiger partial charge in [0, 0.05) is 29.7 Å². The van der Waals surface area contributed by atoms with Gasteiger partial charge in [0.05, 0.1) is 11.8 Å². The zero-order valence-electron chi connectivity index (χ0n) is 16.7. The first kappa shape index (κ1) is 19.1. The first-order valence-electron chi connectivity index (χ1n) is 9.46. The molecule has 1 unspecified atom stereocenters. The minimum Gasteiger partial charge on any atom is -0.364 e. The normalized spacial score (nSPS) is 18.6. The van der Waals surface area contributed by atoms with Crippen LogP contribution in [-0.4, -0.2) is 28.7 Å². The van der Waals surface area contributed by atoms with Crippen molar-refractivity contribution in [3.63, 3.8) is 0 Å². The molecule has 0 bridgehead atoms. The summed E-state index contributed by atoms with van der Waals surface area (Å²) in [5.74, 6) is 0.210. The van der Waals surface area contributed by atoms with Gasteiger partial charge in [-0.2, -0.15) is 5.10 Å². The van der Waals surface area contributed by atoms with Crippen LogP contribution in [0.1, 0.15) is 68.4 Å². The summed E-state index contributed by atoms with van der Waals surface area (Å²) in [4.78, 5) is 18.5. The molecule has 0 saturated heterocycles. The predicted octanol–water partition coefficient (Wildman–Crippen LogP) is 4.35. The van der Waals surface area contributed by atoms with Gasteiger partial charge in [-0.25, -0.2) is 5.43 Å². The number of nitrogens with zero attached hydrogens (tertiary/aromatic N) is 3. The molecule has 2 aromatic rings. The maximum absolute atomic E-state index is 12.0. The molecule has 1 amide bonds. The zero-order chi connectivity index (χ0) is 19.6. The lowest BCUT2D eigenvalue weighted by Gasteiger charge is -2.50. The van der Waals surface area contributed by atoms with Gasteiger partial charge in [-0.3, -0.25) is 9.78 Å². The van der Waals surface area contributed by atoms with Crippen molar-refractivity contribution < 1.29 is 4.79 Å². The molecule has 142 valence electrons. The molecule has 1 aliphatic heterocycles. The predicted molar refractivity (Wildman–Crippen MR) is 110 cm³/mol. The van der Waals surface area contributed by atoms with Crippen molar-refractivity contribution >= 4 is 17.8 Å². The Hall–Kier alpha value is -2.69. The summed E-state index contributed by atoms with van der Waals surface area (Å²) in [6.07, 6.45) is 5.96.